The summed E-state index contributed by atoms with van der Waals surface area (Å²) in [5.74, 6) is 0. The Balaban J connectivity index is 2.39. The van der Waals surface area contributed by atoms with Crippen molar-refractivity contribution in [2.24, 2.45) is 0 Å². The Kier molecular flexibility index (Phi) is 3.47. The van der Waals surface area contributed by atoms with Crippen molar-refractivity contribution in [1.82, 2.24) is 0 Å². The average molecular weight is 200 g/mol. The lowest BCUT2D eigenvalue weighted by atomic mass is 10.2. The van der Waals surface area contributed by atoms with Gasteiger partial charge in [-0.05, 0) is 32.2 Å². The molecule has 0 amide bonds. The average Bonchev–Trinajstić information content (AvgIpc) is 2.50. The van der Waals surface area contributed by atoms with Gasteiger partial charge in [-0.2, -0.15) is 0 Å². The van der Waals surface area contributed by atoms with Crippen LogP contribution in [0.15, 0.2) is 17.5 Å². The monoisotopic (exact) mass is 200 g/mol. The minimum Gasteiger partial charge on any atom is -0.385 e. The van der Waals surface area contributed by atoms with Gasteiger partial charge in [-0.25, -0.2) is 0 Å². The Labute approximate surface area is 83.2 Å². The van der Waals surface area contributed by atoms with Crippen LogP contribution in [0.2, 0.25) is 0 Å². The molecule has 74 valence electrons. The van der Waals surface area contributed by atoms with Crippen molar-refractivity contribution >= 4 is 11.3 Å². The van der Waals surface area contributed by atoms with Crippen molar-refractivity contribution in [2.45, 2.75) is 32.5 Å². The van der Waals surface area contributed by atoms with E-state index in [1.807, 2.05) is 38.3 Å². The van der Waals surface area contributed by atoms with E-state index in [9.17, 15) is 5.11 Å². The number of rotatable bonds is 3. The summed E-state index contributed by atoms with van der Waals surface area (Å²) >= 11 is 1.55. The highest BCUT2D eigenvalue weighted by molar-refractivity contribution is 7.10. The fourth-order valence-corrected chi connectivity index (χ4v) is 1.59. The second kappa shape index (κ2) is 4.22. The first-order valence-electron chi connectivity index (χ1n) is 4.34. The van der Waals surface area contributed by atoms with Crippen LogP contribution in [0.25, 0.3) is 0 Å². The molecule has 1 aromatic heterocycles. The highest BCUT2D eigenvalue weighted by Gasteiger charge is 2.15. The maximum Gasteiger partial charge on any atom is 0.111 e. The van der Waals surface area contributed by atoms with Crippen LogP contribution < -0.4 is 0 Å². The normalized spacial score (nSPS) is 14.5. The van der Waals surface area contributed by atoms with E-state index in [0.717, 1.165) is 4.88 Å². The van der Waals surface area contributed by atoms with Crippen molar-refractivity contribution in [3.8, 4) is 0 Å². The van der Waals surface area contributed by atoms with Gasteiger partial charge in [-0.1, -0.05) is 6.07 Å². The Morgan fingerprint density at radius 3 is 2.69 bits per heavy atom. The molecule has 1 N–H and O–H groups in total. The first-order chi connectivity index (χ1) is 5.99. The minimum atomic E-state index is -0.487. The van der Waals surface area contributed by atoms with Gasteiger partial charge < -0.3 is 9.84 Å². The summed E-state index contributed by atoms with van der Waals surface area (Å²) in [6.07, 6.45) is -0.487. The van der Waals surface area contributed by atoms with Gasteiger partial charge in [-0.15, -0.1) is 11.3 Å². The highest BCUT2D eigenvalue weighted by atomic mass is 32.1. The second-order valence-electron chi connectivity index (χ2n) is 3.95. The first kappa shape index (κ1) is 10.7. The van der Waals surface area contributed by atoms with Crippen LogP contribution in [0, 0.1) is 0 Å². The zero-order valence-corrected chi connectivity index (χ0v) is 9.10. The highest BCUT2D eigenvalue weighted by Crippen LogP contribution is 2.20. The van der Waals surface area contributed by atoms with Crippen LogP contribution in [0.5, 0.6) is 0 Å². The molecule has 0 aliphatic rings. The molecule has 1 atom stereocenters. The molecule has 0 bridgehead atoms. The van der Waals surface area contributed by atoms with Gasteiger partial charge >= 0.3 is 0 Å². The third kappa shape index (κ3) is 3.89. The molecular formula is C10H16O2S. The third-order valence-electron chi connectivity index (χ3n) is 1.55. The van der Waals surface area contributed by atoms with Gasteiger partial charge in [0.25, 0.3) is 0 Å². The van der Waals surface area contributed by atoms with Crippen LogP contribution in [0.4, 0.5) is 0 Å². The van der Waals surface area contributed by atoms with E-state index in [2.05, 4.69) is 0 Å². The fraction of sp³-hybridized carbons (Fsp3) is 0.600. The third-order valence-corrected chi connectivity index (χ3v) is 2.52. The first-order valence-corrected chi connectivity index (χ1v) is 5.22. The molecule has 0 saturated heterocycles. The number of aliphatic hydroxyl groups excluding tert-OH is 1. The molecule has 0 saturated carbocycles. The zero-order chi connectivity index (χ0) is 9.90. The zero-order valence-electron chi connectivity index (χ0n) is 8.28. The second-order valence-corrected chi connectivity index (χ2v) is 4.93. The summed E-state index contributed by atoms with van der Waals surface area (Å²) in [6.45, 7) is 6.31. The summed E-state index contributed by atoms with van der Waals surface area (Å²) in [5, 5.41) is 11.6. The lowest BCUT2D eigenvalue weighted by Gasteiger charge is -2.21. The summed E-state index contributed by atoms with van der Waals surface area (Å²) in [6, 6.07) is 3.85. The van der Waals surface area contributed by atoms with E-state index in [1.54, 1.807) is 11.3 Å². The standard InChI is InChI=1S/C10H16O2S/c1-10(2,3)12-7-8(11)9-5-4-6-13-9/h4-6,8,11H,7H2,1-3H3. The number of ether oxygens (including phenoxy) is 1. The topological polar surface area (TPSA) is 29.5 Å². The summed E-state index contributed by atoms with van der Waals surface area (Å²) < 4.78 is 5.47. The number of hydrogen-bond donors (Lipinski definition) is 1. The van der Waals surface area contributed by atoms with E-state index < -0.39 is 6.10 Å². The Hall–Kier alpha value is -0.380. The number of aliphatic hydroxyl groups is 1. The Morgan fingerprint density at radius 2 is 2.23 bits per heavy atom. The Morgan fingerprint density at radius 1 is 1.54 bits per heavy atom. The fourth-order valence-electron chi connectivity index (χ4n) is 0.892. The molecule has 0 aliphatic heterocycles. The molecule has 13 heavy (non-hydrogen) atoms. The number of thiophene rings is 1. The summed E-state index contributed by atoms with van der Waals surface area (Å²) in [7, 11) is 0. The lowest BCUT2D eigenvalue weighted by molar-refractivity contribution is -0.0487. The minimum absolute atomic E-state index is 0.182. The van der Waals surface area contributed by atoms with E-state index in [4.69, 9.17) is 4.74 Å². The molecule has 0 radical (unpaired) electrons. The SMILES string of the molecule is CC(C)(C)OCC(O)c1cccs1. The van der Waals surface area contributed by atoms with Crippen molar-refractivity contribution < 1.29 is 9.84 Å². The molecule has 0 fully saturated rings. The molecule has 1 unspecified atom stereocenters. The van der Waals surface area contributed by atoms with E-state index in [-0.39, 0.29) is 5.60 Å². The quantitative estimate of drug-likeness (QED) is 0.812. The molecule has 2 nitrogen and oxygen atoms in total. The van der Waals surface area contributed by atoms with Gasteiger partial charge in [0.05, 0.1) is 12.2 Å². The van der Waals surface area contributed by atoms with E-state index in [0.29, 0.717) is 6.61 Å². The van der Waals surface area contributed by atoms with Crippen LogP contribution in [-0.4, -0.2) is 17.3 Å². The van der Waals surface area contributed by atoms with E-state index in [1.165, 1.54) is 0 Å². The molecule has 1 aromatic rings. The molecular weight excluding hydrogens is 184 g/mol. The van der Waals surface area contributed by atoms with Gasteiger partial charge in [0.2, 0.25) is 0 Å². The smallest absolute Gasteiger partial charge is 0.111 e. The van der Waals surface area contributed by atoms with Gasteiger partial charge in [0.15, 0.2) is 0 Å². The molecule has 0 aromatic carbocycles. The maximum absolute atomic E-state index is 9.66. The lowest BCUT2D eigenvalue weighted by Crippen LogP contribution is -2.22. The van der Waals surface area contributed by atoms with Crippen molar-refractivity contribution in [3.63, 3.8) is 0 Å². The maximum atomic E-state index is 9.66. The van der Waals surface area contributed by atoms with Crippen LogP contribution in [0.1, 0.15) is 31.8 Å². The van der Waals surface area contributed by atoms with Crippen LogP contribution in [0.3, 0.4) is 0 Å². The van der Waals surface area contributed by atoms with Gasteiger partial charge in [0, 0.05) is 4.88 Å². The van der Waals surface area contributed by atoms with Gasteiger partial charge in [0.1, 0.15) is 6.10 Å². The van der Waals surface area contributed by atoms with Crippen molar-refractivity contribution in [1.29, 1.82) is 0 Å². The largest absolute Gasteiger partial charge is 0.385 e. The molecule has 0 aliphatic carbocycles. The van der Waals surface area contributed by atoms with Crippen molar-refractivity contribution in [2.75, 3.05) is 6.61 Å². The van der Waals surface area contributed by atoms with Crippen molar-refractivity contribution in [3.05, 3.63) is 22.4 Å². The van der Waals surface area contributed by atoms with Crippen LogP contribution in [-0.2, 0) is 4.74 Å². The van der Waals surface area contributed by atoms with Gasteiger partial charge in [-0.3, -0.25) is 0 Å². The molecule has 3 heteroatoms. The van der Waals surface area contributed by atoms with Crippen LogP contribution >= 0.6 is 11.3 Å². The Bertz CT molecular complexity index is 236. The summed E-state index contributed by atoms with van der Waals surface area (Å²) in [4.78, 5) is 0.962. The number of hydrogen-bond acceptors (Lipinski definition) is 3. The molecule has 0 spiro atoms. The predicted octanol–water partition coefficient (Wildman–Crippen LogP) is 2.60. The van der Waals surface area contributed by atoms with E-state index >= 15 is 0 Å². The summed E-state index contributed by atoms with van der Waals surface area (Å²) in [5.41, 5.74) is -0.182. The molecule has 1 heterocycles. The molecule has 1 rings (SSSR count). The predicted molar refractivity (Wildman–Crippen MR) is 55.0 cm³/mol.